The van der Waals surface area contributed by atoms with Gasteiger partial charge in [-0.25, -0.2) is 0 Å². The van der Waals surface area contributed by atoms with Gasteiger partial charge in [0.2, 0.25) is 0 Å². The van der Waals surface area contributed by atoms with Crippen LogP contribution in [0.3, 0.4) is 0 Å². The van der Waals surface area contributed by atoms with Gasteiger partial charge in [0.15, 0.2) is 0 Å². The van der Waals surface area contributed by atoms with E-state index in [0.29, 0.717) is 12.5 Å². The number of nitrogens with zero attached hydrogens (tertiary/aromatic N) is 2. The van der Waals surface area contributed by atoms with Gasteiger partial charge >= 0.3 is 0 Å². The van der Waals surface area contributed by atoms with E-state index in [0.717, 1.165) is 47.7 Å². The summed E-state index contributed by atoms with van der Waals surface area (Å²) in [6, 6.07) is 8.29. The Kier molecular flexibility index (Phi) is 5.35. The predicted molar refractivity (Wildman–Crippen MR) is 90.4 cm³/mol. The molecule has 1 aromatic heterocycles. The summed E-state index contributed by atoms with van der Waals surface area (Å²) in [4.78, 5) is 0. The fraction of sp³-hybridized carbons (Fsp3) is 0.471. The minimum absolute atomic E-state index is 0.0517. The number of halogens is 1. The molecular formula is C17H21BrN2O3. The van der Waals surface area contributed by atoms with Gasteiger partial charge in [-0.15, -0.1) is 0 Å². The molecule has 1 aromatic carbocycles. The second kappa shape index (κ2) is 7.47. The summed E-state index contributed by atoms with van der Waals surface area (Å²) in [6.07, 6.45) is 2.18. The van der Waals surface area contributed by atoms with E-state index < -0.39 is 0 Å². The lowest BCUT2D eigenvalue weighted by Crippen LogP contribution is -2.13. The zero-order valence-corrected chi connectivity index (χ0v) is 14.8. The van der Waals surface area contributed by atoms with Crippen molar-refractivity contribution < 1.29 is 14.6 Å². The molecule has 1 aliphatic rings. The maximum absolute atomic E-state index is 9.31. The van der Waals surface area contributed by atoms with Crippen LogP contribution in [-0.2, 0) is 25.0 Å². The van der Waals surface area contributed by atoms with E-state index >= 15 is 0 Å². The van der Waals surface area contributed by atoms with E-state index in [1.165, 1.54) is 5.56 Å². The largest absolute Gasteiger partial charge is 0.487 e. The van der Waals surface area contributed by atoms with E-state index in [1.807, 2.05) is 19.2 Å². The quantitative estimate of drug-likeness (QED) is 0.865. The third-order valence-electron chi connectivity index (χ3n) is 4.27. The fourth-order valence-corrected chi connectivity index (χ4v) is 3.45. The lowest BCUT2D eigenvalue weighted by atomic mass is 9.92. The van der Waals surface area contributed by atoms with Crippen LogP contribution in [0.5, 0.6) is 5.75 Å². The summed E-state index contributed by atoms with van der Waals surface area (Å²) in [5.41, 5.74) is 2.88. The summed E-state index contributed by atoms with van der Waals surface area (Å²) in [6.45, 7) is 2.02. The predicted octanol–water partition coefficient (Wildman–Crippen LogP) is 3.15. The molecule has 1 fully saturated rings. The van der Waals surface area contributed by atoms with Gasteiger partial charge in [0.25, 0.3) is 0 Å². The first-order valence-electron chi connectivity index (χ1n) is 7.80. The Bertz CT molecular complexity index is 649. The molecule has 2 aromatic rings. The van der Waals surface area contributed by atoms with Crippen LogP contribution in [0.25, 0.3) is 0 Å². The molecule has 23 heavy (non-hydrogen) atoms. The van der Waals surface area contributed by atoms with Crippen molar-refractivity contribution in [2.45, 2.75) is 32.0 Å². The third-order valence-corrected chi connectivity index (χ3v) is 5.18. The molecule has 0 aliphatic carbocycles. The van der Waals surface area contributed by atoms with Gasteiger partial charge in [0.05, 0.1) is 16.8 Å². The Hall–Kier alpha value is -1.37. The van der Waals surface area contributed by atoms with E-state index in [4.69, 9.17) is 9.47 Å². The van der Waals surface area contributed by atoms with Crippen LogP contribution >= 0.6 is 15.9 Å². The monoisotopic (exact) mass is 380 g/mol. The van der Waals surface area contributed by atoms with Gasteiger partial charge in [0, 0.05) is 20.3 Å². The third kappa shape index (κ3) is 3.76. The molecule has 0 spiro atoms. The van der Waals surface area contributed by atoms with Crippen LogP contribution < -0.4 is 4.74 Å². The van der Waals surface area contributed by atoms with Crippen molar-refractivity contribution >= 4 is 15.9 Å². The normalized spacial score (nSPS) is 15.8. The fourth-order valence-electron chi connectivity index (χ4n) is 2.88. The zero-order valence-electron chi connectivity index (χ0n) is 13.2. The minimum atomic E-state index is -0.0517. The minimum Gasteiger partial charge on any atom is -0.487 e. The summed E-state index contributed by atoms with van der Waals surface area (Å²) >= 11 is 3.46. The smallest absolute Gasteiger partial charge is 0.133 e. The Morgan fingerprint density at radius 1 is 1.30 bits per heavy atom. The van der Waals surface area contributed by atoms with Crippen molar-refractivity contribution in [1.29, 1.82) is 0 Å². The van der Waals surface area contributed by atoms with E-state index in [2.05, 4.69) is 33.2 Å². The molecule has 1 saturated heterocycles. The standard InChI is InChI=1S/C17H21BrN2O3/c1-20-16(10-21)17(18)15(19-20)11-23-14-4-2-12(3-5-14)13-6-8-22-9-7-13/h2-5,13,21H,6-11H2,1H3. The van der Waals surface area contributed by atoms with Crippen LogP contribution in [-0.4, -0.2) is 28.1 Å². The molecular weight excluding hydrogens is 360 g/mol. The summed E-state index contributed by atoms with van der Waals surface area (Å²) in [7, 11) is 1.81. The number of aromatic nitrogens is 2. The van der Waals surface area contributed by atoms with Crippen molar-refractivity contribution in [2.75, 3.05) is 13.2 Å². The van der Waals surface area contributed by atoms with Crippen LogP contribution in [0.1, 0.15) is 35.7 Å². The molecule has 0 bridgehead atoms. The van der Waals surface area contributed by atoms with Gasteiger partial charge in [0.1, 0.15) is 18.1 Å². The van der Waals surface area contributed by atoms with Gasteiger partial charge in [-0.3, -0.25) is 4.68 Å². The molecule has 0 saturated carbocycles. The van der Waals surface area contributed by atoms with Crippen LogP contribution in [0.4, 0.5) is 0 Å². The molecule has 1 N–H and O–H groups in total. The van der Waals surface area contributed by atoms with Crippen LogP contribution in [0.2, 0.25) is 0 Å². The maximum atomic E-state index is 9.31. The Morgan fingerprint density at radius 2 is 2.00 bits per heavy atom. The zero-order chi connectivity index (χ0) is 16.2. The average Bonchev–Trinajstić information content (AvgIpc) is 2.87. The lowest BCUT2D eigenvalue weighted by molar-refractivity contribution is 0.0853. The Morgan fingerprint density at radius 3 is 2.61 bits per heavy atom. The van der Waals surface area contributed by atoms with Gasteiger partial charge in [-0.2, -0.15) is 5.10 Å². The summed E-state index contributed by atoms with van der Waals surface area (Å²) in [5.74, 6) is 1.42. The molecule has 0 atom stereocenters. The summed E-state index contributed by atoms with van der Waals surface area (Å²) < 4.78 is 13.7. The number of rotatable bonds is 5. The molecule has 0 amide bonds. The number of hydrogen-bond donors (Lipinski definition) is 1. The highest BCUT2D eigenvalue weighted by molar-refractivity contribution is 9.10. The van der Waals surface area contributed by atoms with Crippen molar-refractivity contribution in [2.24, 2.45) is 7.05 Å². The molecule has 2 heterocycles. The maximum Gasteiger partial charge on any atom is 0.133 e. The van der Waals surface area contributed by atoms with Gasteiger partial charge in [-0.1, -0.05) is 12.1 Å². The first-order chi connectivity index (χ1) is 11.2. The van der Waals surface area contributed by atoms with Crippen LogP contribution in [0, 0.1) is 0 Å². The SMILES string of the molecule is Cn1nc(COc2ccc(C3CCOCC3)cc2)c(Br)c1CO. The van der Waals surface area contributed by atoms with Crippen molar-refractivity contribution in [3.8, 4) is 5.75 Å². The first-order valence-corrected chi connectivity index (χ1v) is 8.60. The number of aliphatic hydroxyl groups is 1. The topological polar surface area (TPSA) is 56.5 Å². The Labute approximate surface area is 144 Å². The van der Waals surface area contributed by atoms with E-state index in [9.17, 15) is 5.11 Å². The highest BCUT2D eigenvalue weighted by Gasteiger charge is 2.16. The average molecular weight is 381 g/mol. The highest BCUT2D eigenvalue weighted by Crippen LogP contribution is 2.28. The number of hydrogen-bond acceptors (Lipinski definition) is 4. The molecule has 124 valence electrons. The molecule has 3 rings (SSSR count). The molecule has 6 heteroatoms. The van der Waals surface area contributed by atoms with Crippen molar-refractivity contribution in [3.63, 3.8) is 0 Å². The number of aryl methyl sites for hydroxylation is 1. The van der Waals surface area contributed by atoms with Crippen molar-refractivity contribution in [1.82, 2.24) is 9.78 Å². The van der Waals surface area contributed by atoms with E-state index in [-0.39, 0.29) is 6.61 Å². The molecule has 1 aliphatic heterocycles. The second-order valence-electron chi connectivity index (χ2n) is 5.73. The second-order valence-corrected chi connectivity index (χ2v) is 6.53. The molecule has 0 radical (unpaired) electrons. The number of benzene rings is 1. The van der Waals surface area contributed by atoms with E-state index in [1.54, 1.807) is 4.68 Å². The number of aliphatic hydroxyl groups excluding tert-OH is 1. The lowest BCUT2D eigenvalue weighted by Gasteiger charge is -2.22. The Balaban J connectivity index is 1.62. The molecule has 5 nitrogen and oxygen atoms in total. The van der Waals surface area contributed by atoms with Crippen LogP contribution in [0.15, 0.2) is 28.7 Å². The van der Waals surface area contributed by atoms with Crippen molar-refractivity contribution in [3.05, 3.63) is 45.7 Å². The number of ether oxygens (including phenoxy) is 2. The highest BCUT2D eigenvalue weighted by atomic mass is 79.9. The molecule has 0 unspecified atom stereocenters. The first kappa shape index (κ1) is 16.5. The summed E-state index contributed by atoms with van der Waals surface area (Å²) in [5, 5.41) is 13.7. The van der Waals surface area contributed by atoms with Gasteiger partial charge in [-0.05, 0) is 52.4 Å². The van der Waals surface area contributed by atoms with Gasteiger partial charge < -0.3 is 14.6 Å².